The number of carbonyl (C=O) groups is 2. The molecule has 20 heavy (non-hydrogen) atoms. The summed E-state index contributed by atoms with van der Waals surface area (Å²) >= 11 is 0. The van der Waals surface area contributed by atoms with Gasteiger partial charge in [-0.3, -0.25) is 14.5 Å². The van der Waals surface area contributed by atoms with Crippen molar-refractivity contribution in [1.82, 2.24) is 0 Å². The summed E-state index contributed by atoms with van der Waals surface area (Å²) in [7, 11) is 1.55. The van der Waals surface area contributed by atoms with Gasteiger partial charge in [-0.15, -0.1) is 0 Å². The largest absolute Gasteiger partial charge is 0.497 e. The molecule has 1 aromatic carbocycles. The topological polar surface area (TPSA) is 76.1 Å². The van der Waals surface area contributed by atoms with Crippen LogP contribution in [0.4, 0.5) is 5.69 Å². The van der Waals surface area contributed by atoms with Gasteiger partial charge in [0.25, 0.3) is 0 Å². The van der Waals surface area contributed by atoms with Crippen LogP contribution in [0.2, 0.25) is 0 Å². The molecule has 1 N–H and O–H groups in total. The lowest BCUT2D eigenvalue weighted by atomic mass is 9.89. The number of esters is 1. The van der Waals surface area contributed by atoms with E-state index in [1.54, 1.807) is 31.4 Å². The van der Waals surface area contributed by atoms with Crippen LogP contribution < -0.4 is 9.64 Å². The molecule has 3 atom stereocenters. The first-order valence-corrected chi connectivity index (χ1v) is 6.28. The molecule has 1 aliphatic rings. The second-order valence-corrected chi connectivity index (χ2v) is 4.67. The summed E-state index contributed by atoms with van der Waals surface area (Å²) in [6, 6.07) is 6.82. The second-order valence-electron chi connectivity index (χ2n) is 4.67. The third kappa shape index (κ3) is 2.46. The van der Waals surface area contributed by atoms with Crippen molar-refractivity contribution in [2.24, 2.45) is 5.92 Å². The van der Waals surface area contributed by atoms with Gasteiger partial charge in [0.15, 0.2) is 6.23 Å². The van der Waals surface area contributed by atoms with Crippen LogP contribution in [0.1, 0.15) is 13.8 Å². The summed E-state index contributed by atoms with van der Waals surface area (Å²) in [5, 5.41) is 9.61. The van der Waals surface area contributed by atoms with Crippen molar-refractivity contribution in [3.05, 3.63) is 24.3 Å². The van der Waals surface area contributed by atoms with E-state index in [2.05, 4.69) is 0 Å². The number of aliphatic hydroxyl groups excluding tert-OH is 1. The fourth-order valence-electron chi connectivity index (χ4n) is 2.24. The number of hydrogen-bond acceptors (Lipinski definition) is 5. The summed E-state index contributed by atoms with van der Waals surface area (Å²) in [5.41, 5.74) is 0.596. The maximum absolute atomic E-state index is 12.1. The van der Waals surface area contributed by atoms with E-state index in [1.165, 1.54) is 18.7 Å². The zero-order valence-corrected chi connectivity index (χ0v) is 11.6. The highest BCUT2D eigenvalue weighted by Crippen LogP contribution is 2.36. The van der Waals surface area contributed by atoms with Crippen LogP contribution in [0.25, 0.3) is 0 Å². The molecule has 108 valence electrons. The van der Waals surface area contributed by atoms with E-state index in [-0.39, 0.29) is 5.91 Å². The highest BCUT2D eigenvalue weighted by atomic mass is 16.6. The van der Waals surface area contributed by atoms with Gasteiger partial charge in [0.2, 0.25) is 5.91 Å². The Kier molecular flexibility index (Phi) is 3.94. The molecule has 0 saturated carbocycles. The summed E-state index contributed by atoms with van der Waals surface area (Å²) in [5.74, 6) is -0.818. The number of nitrogens with zero attached hydrogens (tertiary/aromatic N) is 1. The lowest BCUT2D eigenvalue weighted by Gasteiger charge is -2.46. The molecule has 1 amide bonds. The highest BCUT2D eigenvalue weighted by Gasteiger charge is 2.52. The summed E-state index contributed by atoms with van der Waals surface area (Å²) in [4.78, 5) is 24.6. The van der Waals surface area contributed by atoms with Crippen LogP contribution in [-0.4, -0.2) is 36.4 Å². The number of β-lactam (4-membered cyclic amide) rings is 1. The summed E-state index contributed by atoms with van der Waals surface area (Å²) < 4.78 is 10.2. The molecule has 6 nitrogen and oxygen atoms in total. The molecular weight excluding hydrogens is 262 g/mol. The molecule has 1 saturated heterocycles. The van der Waals surface area contributed by atoms with Gasteiger partial charge in [-0.25, -0.2) is 0 Å². The summed E-state index contributed by atoms with van der Waals surface area (Å²) in [6.07, 6.45) is -1.64. The van der Waals surface area contributed by atoms with E-state index >= 15 is 0 Å². The van der Waals surface area contributed by atoms with Crippen LogP contribution in [0.15, 0.2) is 24.3 Å². The highest BCUT2D eigenvalue weighted by molar-refractivity contribution is 6.03. The molecule has 0 radical (unpaired) electrons. The molecule has 1 fully saturated rings. The van der Waals surface area contributed by atoms with Gasteiger partial charge in [0.05, 0.1) is 13.2 Å². The molecular formula is C14H17NO5. The SMILES string of the molecule is COc1ccc(N2C(=O)[C@H]([C@H](C)O)[C@H]2OC(C)=O)cc1. The predicted octanol–water partition coefficient (Wildman–Crippen LogP) is 0.928. The fraction of sp³-hybridized carbons (Fsp3) is 0.429. The van der Waals surface area contributed by atoms with E-state index in [0.29, 0.717) is 11.4 Å². The van der Waals surface area contributed by atoms with Crippen molar-refractivity contribution >= 4 is 17.6 Å². The summed E-state index contributed by atoms with van der Waals surface area (Å²) in [6.45, 7) is 2.78. The fourth-order valence-corrected chi connectivity index (χ4v) is 2.24. The lowest BCUT2D eigenvalue weighted by molar-refractivity contribution is -0.166. The third-order valence-electron chi connectivity index (χ3n) is 3.24. The van der Waals surface area contributed by atoms with E-state index in [1.807, 2.05) is 0 Å². The molecule has 0 aromatic heterocycles. The van der Waals surface area contributed by atoms with Crippen LogP contribution in [0, 0.1) is 5.92 Å². The minimum atomic E-state index is -0.874. The molecule has 2 rings (SSSR count). The standard InChI is InChI=1S/C14H17NO5/c1-8(16)12-13(18)15(14(12)20-9(2)17)10-4-6-11(19-3)7-5-10/h4-8,12,14,16H,1-3H3/t8-,12-,14+/m0/s1. The van der Waals surface area contributed by atoms with Gasteiger partial charge < -0.3 is 14.6 Å². The Balaban J connectivity index is 2.24. The normalized spacial score (nSPS) is 23.0. The molecule has 0 spiro atoms. The Morgan fingerprint density at radius 1 is 1.35 bits per heavy atom. The molecule has 1 heterocycles. The molecule has 1 aromatic rings. The number of methoxy groups -OCH3 is 1. The smallest absolute Gasteiger partial charge is 0.304 e. The minimum absolute atomic E-state index is 0.267. The molecule has 1 aliphatic heterocycles. The van der Waals surface area contributed by atoms with Gasteiger partial charge in [0, 0.05) is 12.6 Å². The maximum atomic E-state index is 12.1. The van der Waals surface area contributed by atoms with Crippen LogP contribution in [0.5, 0.6) is 5.75 Å². The van der Waals surface area contributed by atoms with E-state index in [4.69, 9.17) is 9.47 Å². The number of hydrogen-bond donors (Lipinski definition) is 1. The number of carbonyl (C=O) groups excluding carboxylic acids is 2. The van der Waals surface area contributed by atoms with Crippen LogP contribution >= 0.6 is 0 Å². The van der Waals surface area contributed by atoms with E-state index in [9.17, 15) is 14.7 Å². The van der Waals surface area contributed by atoms with Crippen molar-refractivity contribution in [3.63, 3.8) is 0 Å². The predicted molar refractivity (Wildman–Crippen MR) is 71.2 cm³/mol. The Bertz CT molecular complexity index is 511. The monoisotopic (exact) mass is 279 g/mol. The van der Waals surface area contributed by atoms with Crippen molar-refractivity contribution in [2.45, 2.75) is 26.2 Å². The lowest BCUT2D eigenvalue weighted by Crippen LogP contribution is -2.66. The molecule has 0 unspecified atom stereocenters. The zero-order valence-electron chi connectivity index (χ0n) is 11.6. The van der Waals surface area contributed by atoms with Crippen molar-refractivity contribution in [3.8, 4) is 5.75 Å². The maximum Gasteiger partial charge on any atom is 0.304 e. The molecule has 6 heteroatoms. The number of ether oxygens (including phenoxy) is 2. The zero-order chi connectivity index (χ0) is 14.9. The Morgan fingerprint density at radius 2 is 1.95 bits per heavy atom. The quantitative estimate of drug-likeness (QED) is 0.655. The first-order chi connectivity index (χ1) is 9.45. The van der Waals surface area contributed by atoms with E-state index < -0.39 is 24.2 Å². The first-order valence-electron chi connectivity index (χ1n) is 6.28. The van der Waals surface area contributed by atoms with Crippen molar-refractivity contribution in [2.75, 3.05) is 12.0 Å². The Morgan fingerprint density at radius 3 is 2.40 bits per heavy atom. The van der Waals surface area contributed by atoms with Gasteiger partial charge in [0.1, 0.15) is 11.7 Å². The number of rotatable bonds is 4. The Labute approximate surface area is 116 Å². The Hall–Kier alpha value is -2.08. The van der Waals surface area contributed by atoms with Crippen molar-refractivity contribution < 1.29 is 24.2 Å². The van der Waals surface area contributed by atoms with Gasteiger partial charge in [-0.2, -0.15) is 0 Å². The van der Waals surface area contributed by atoms with Gasteiger partial charge in [-0.05, 0) is 31.2 Å². The van der Waals surface area contributed by atoms with E-state index in [0.717, 1.165) is 0 Å². The average molecular weight is 279 g/mol. The average Bonchev–Trinajstić information content (AvgIpc) is 2.38. The van der Waals surface area contributed by atoms with Gasteiger partial charge in [-0.1, -0.05) is 0 Å². The minimum Gasteiger partial charge on any atom is -0.497 e. The molecule has 0 bridgehead atoms. The number of amides is 1. The van der Waals surface area contributed by atoms with Gasteiger partial charge >= 0.3 is 5.97 Å². The number of anilines is 1. The van der Waals surface area contributed by atoms with Crippen LogP contribution in [0.3, 0.4) is 0 Å². The third-order valence-corrected chi connectivity index (χ3v) is 3.24. The van der Waals surface area contributed by atoms with Crippen LogP contribution in [-0.2, 0) is 14.3 Å². The van der Waals surface area contributed by atoms with Crippen molar-refractivity contribution in [1.29, 1.82) is 0 Å². The molecule has 0 aliphatic carbocycles. The first kappa shape index (κ1) is 14.3. The number of aliphatic hydroxyl groups is 1. The second kappa shape index (κ2) is 5.50. The number of benzene rings is 1.